The lowest BCUT2D eigenvalue weighted by atomic mass is 9.76. The Hall–Kier alpha value is -3.15. The molecule has 1 aliphatic carbocycles. The first-order valence-electron chi connectivity index (χ1n) is 11.9. The number of anilines is 1. The quantitative estimate of drug-likeness (QED) is 0.488. The number of para-hydroxylation sites is 1. The van der Waals surface area contributed by atoms with Crippen molar-refractivity contribution in [3.8, 4) is 0 Å². The van der Waals surface area contributed by atoms with E-state index in [9.17, 15) is 9.59 Å². The van der Waals surface area contributed by atoms with Crippen LogP contribution in [0.2, 0.25) is 5.02 Å². The molecule has 5 rings (SSSR count). The first-order valence-corrected chi connectivity index (χ1v) is 12.3. The lowest BCUT2D eigenvalue weighted by Gasteiger charge is -2.38. The van der Waals surface area contributed by atoms with Crippen LogP contribution in [0.4, 0.5) is 5.69 Å². The molecule has 2 unspecified atom stereocenters. The van der Waals surface area contributed by atoms with Gasteiger partial charge >= 0.3 is 0 Å². The van der Waals surface area contributed by atoms with Crippen LogP contribution in [0.25, 0.3) is 0 Å². The van der Waals surface area contributed by atoms with Crippen molar-refractivity contribution in [1.82, 2.24) is 10.6 Å². The highest BCUT2D eigenvalue weighted by Gasteiger charge is 2.44. The second-order valence-corrected chi connectivity index (χ2v) is 9.52. The van der Waals surface area contributed by atoms with Crippen molar-refractivity contribution < 1.29 is 9.59 Å². The summed E-state index contributed by atoms with van der Waals surface area (Å²) in [6, 6.07) is 25.4. The molecule has 3 aromatic carbocycles. The summed E-state index contributed by atoms with van der Waals surface area (Å²) < 4.78 is 0. The minimum atomic E-state index is -0.930. The highest BCUT2D eigenvalue weighted by molar-refractivity contribution is 6.30. The summed E-state index contributed by atoms with van der Waals surface area (Å²) in [4.78, 5) is 26.6. The molecular weight excluding hydrogens is 446 g/mol. The number of amides is 2. The Morgan fingerprint density at radius 1 is 0.882 bits per heavy atom. The molecule has 5 nitrogen and oxygen atoms in total. The molecule has 174 valence electrons. The Kier molecular flexibility index (Phi) is 6.40. The average Bonchev–Trinajstić information content (AvgIpc) is 3.00. The van der Waals surface area contributed by atoms with E-state index in [0.29, 0.717) is 10.7 Å². The summed E-state index contributed by atoms with van der Waals surface area (Å²) in [7, 11) is 0. The molecule has 0 aromatic heterocycles. The minimum absolute atomic E-state index is 0.0636. The van der Waals surface area contributed by atoms with Gasteiger partial charge in [-0.1, -0.05) is 91.5 Å². The molecule has 1 fully saturated rings. The average molecular weight is 474 g/mol. The van der Waals surface area contributed by atoms with Gasteiger partial charge in [0, 0.05) is 22.2 Å². The Balaban J connectivity index is 1.65. The van der Waals surface area contributed by atoms with E-state index < -0.39 is 11.7 Å². The lowest BCUT2D eigenvalue weighted by Crippen LogP contribution is -2.59. The van der Waals surface area contributed by atoms with Gasteiger partial charge in [0.1, 0.15) is 0 Å². The summed E-state index contributed by atoms with van der Waals surface area (Å²) in [6.45, 7) is 0. The van der Waals surface area contributed by atoms with Crippen LogP contribution >= 0.6 is 11.6 Å². The molecule has 2 atom stereocenters. The molecule has 0 radical (unpaired) electrons. The standard InChI is InChI=1S/C28H28ClN3O2/c29-22-15-9-14-21(18-22)28(20-12-5-2-6-13-20)23-16-7-8-17-24(23)30-27(34)25(32-28)31-26(33)19-10-3-1-4-11-19/h2,5-9,12-19,25,32H,1,3-4,10-11H2,(H,30,34)(H,31,33). The first kappa shape index (κ1) is 22.6. The van der Waals surface area contributed by atoms with Gasteiger partial charge in [-0.25, -0.2) is 0 Å². The van der Waals surface area contributed by atoms with E-state index in [1.807, 2.05) is 78.9 Å². The maximum absolute atomic E-state index is 13.4. The van der Waals surface area contributed by atoms with Crippen LogP contribution in [-0.2, 0) is 15.1 Å². The molecule has 3 aromatic rings. The van der Waals surface area contributed by atoms with E-state index in [-0.39, 0.29) is 17.7 Å². The van der Waals surface area contributed by atoms with Gasteiger partial charge in [-0.2, -0.15) is 0 Å². The number of benzene rings is 3. The maximum Gasteiger partial charge on any atom is 0.262 e. The fourth-order valence-electron chi connectivity index (χ4n) is 5.26. The van der Waals surface area contributed by atoms with Crippen molar-refractivity contribution in [2.45, 2.75) is 43.8 Å². The van der Waals surface area contributed by atoms with Crippen molar-refractivity contribution in [2.75, 3.05) is 5.32 Å². The number of hydrogen-bond donors (Lipinski definition) is 3. The lowest BCUT2D eigenvalue weighted by molar-refractivity contribution is -0.130. The zero-order valence-electron chi connectivity index (χ0n) is 18.9. The largest absolute Gasteiger partial charge is 0.332 e. The van der Waals surface area contributed by atoms with E-state index in [4.69, 9.17) is 11.6 Å². The monoisotopic (exact) mass is 473 g/mol. The molecular formula is C28H28ClN3O2. The number of rotatable bonds is 4. The van der Waals surface area contributed by atoms with E-state index >= 15 is 0 Å². The van der Waals surface area contributed by atoms with Crippen molar-refractivity contribution in [3.63, 3.8) is 0 Å². The molecule has 0 bridgehead atoms. The number of halogens is 1. The summed E-state index contributed by atoms with van der Waals surface area (Å²) in [5, 5.41) is 10.2. The van der Waals surface area contributed by atoms with Gasteiger partial charge < -0.3 is 10.6 Å². The number of carbonyl (C=O) groups excluding carboxylic acids is 2. The summed E-state index contributed by atoms with van der Waals surface area (Å²) >= 11 is 6.45. The van der Waals surface area contributed by atoms with Crippen LogP contribution < -0.4 is 16.0 Å². The smallest absolute Gasteiger partial charge is 0.262 e. The van der Waals surface area contributed by atoms with Gasteiger partial charge in [0.15, 0.2) is 6.17 Å². The second kappa shape index (κ2) is 9.61. The number of hydrogen-bond acceptors (Lipinski definition) is 3. The molecule has 34 heavy (non-hydrogen) atoms. The van der Waals surface area contributed by atoms with Crippen LogP contribution in [0.3, 0.4) is 0 Å². The summed E-state index contributed by atoms with van der Waals surface area (Å²) in [6.07, 6.45) is 4.04. The topological polar surface area (TPSA) is 70.2 Å². The SMILES string of the molecule is O=C(NC1NC(c2ccccc2)(c2cccc(Cl)c2)c2ccccc2NC1=O)C1CCCCC1. The Morgan fingerprint density at radius 3 is 2.35 bits per heavy atom. The fraction of sp³-hybridized carbons (Fsp3) is 0.286. The fourth-order valence-corrected chi connectivity index (χ4v) is 5.45. The first-order chi connectivity index (χ1) is 16.6. The van der Waals surface area contributed by atoms with Crippen LogP contribution in [0.5, 0.6) is 0 Å². The number of nitrogens with one attached hydrogen (secondary N) is 3. The number of fused-ring (bicyclic) bond motifs is 1. The molecule has 0 spiro atoms. The van der Waals surface area contributed by atoms with E-state index in [2.05, 4.69) is 16.0 Å². The van der Waals surface area contributed by atoms with Gasteiger partial charge in [0.25, 0.3) is 5.91 Å². The second-order valence-electron chi connectivity index (χ2n) is 9.08. The maximum atomic E-state index is 13.4. The van der Waals surface area contributed by atoms with E-state index in [1.165, 1.54) is 0 Å². The van der Waals surface area contributed by atoms with Crippen LogP contribution in [0, 0.1) is 5.92 Å². The third kappa shape index (κ3) is 4.22. The third-order valence-electron chi connectivity index (χ3n) is 6.94. The van der Waals surface area contributed by atoms with Crippen LogP contribution in [0.15, 0.2) is 78.9 Å². The molecule has 3 N–H and O–H groups in total. The molecule has 1 aliphatic heterocycles. The van der Waals surface area contributed by atoms with Crippen molar-refractivity contribution >= 4 is 29.1 Å². The predicted molar refractivity (Wildman–Crippen MR) is 134 cm³/mol. The molecule has 1 heterocycles. The highest BCUT2D eigenvalue weighted by Crippen LogP contribution is 2.42. The van der Waals surface area contributed by atoms with Gasteiger partial charge in [0.2, 0.25) is 5.91 Å². The third-order valence-corrected chi connectivity index (χ3v) is 7.17. The zero-order chi connectivity index (χ0) is 23.5. The van der Waals surface area contributed by atoms with Gasteiger partial charge in [-0.3, -0.25) is 14.9 Å². The Bertz CT molecular complexity index is 1190. The van der Waals surface area contributed by atoms with Gasteiger partial charge in [-0.15, -0.1) is 0 Å². The van der Waals surface area contributed by atoms with Crippen molar-refractivity contribution in [1.29, 1.82) is 0 Å². The molecule has 2 aliphatic rings. The predicted octanol–water partition coefficient (Wildman–Crippen LogP) is 5.20. The molecule has 0 saturated heterocycles. The summed E-state index contributed by atoms with van der Waals surface area (Å²) in [5.74, 6) is -0.436. The molecule has 2 amide bonds. The highest BCUT2D eigenvalue weighted by atomic mass is 35.5. The normalized spacial score (nSPS) is 22.9. The zero-order valence-corrected chi connectivity index (χ0v) is 19.6. The van der Waals surface area contributed by atoms with E-state index in [1.54, 1.807) is 0 Å². The van der Waals surface area contributed by atoms with Gasteiger partial charge in [0.05, 0.1) is 5.54 Å². The minimum Gasteiger partial charge on any atom is -0.332 e. The van der Waals surface area contributed by atoms with Crippen molar-refractivity contribution in [3.05, 3.63) is 101 Å². The van der Waals surface area contributed by atoms with Crippen LogP contribution in [0.1, 0.15) is 48.8 Å². The summed E-state index contributed by atoms with van der Waals surface area (Å²) in [5.41, 5.74) is 2.47. The molecule has 1 saturated carbocycles. The number of carbonyl (C=O) groups is 2. The van der Waals surface area contributed by atoms with Crippen LogP contribution in [-0.4, -0.2) is 18.0 Å². The Labute approximate surface area is 204 Å². The van der Waals surface area contributed by atoms with Gasteiger partial charge in [-0.05, 0) is 42.2 Å². The van der Waals surface area contributed by atoms with Crippen molar-refractivity contribution in [2.24, 2.45) is 5.92 Å². The Morgan fingerprint density at radius 2 is 1.59 bits per heavy atom. The molecule has 6 heteroatoms. The van der Waals surface area contributed by atoms with E-state index in [0.717, 1.165) is 48.8 Å².